The van der Waals surface area contributed by atoms with E-state index in [0.29, 0.717) is 33.3 Å². The summed E-state index contributed by atoms with van der Waals surface area (Å²) in [7, 11) is 0. The standard InChI is InChI=1S/C23H19F3N2O3S2/c1-12-17(8-7-16-21(12)31-19(28-16)9-10-20(29)30)32-11-18-13(2)27-22(33-18)14-3-5-15(6-4-14)23(24,25)26/h3-8H,9-11H2,1-2H3,(H,29,30). The molecular weight excluding hydrogens is 473 g/mol. The third-order valence-electron chi connectivity index (χ3n) is 5.06. The first-order valence-electron chi connectivity index (χ1n) is 9.99. The molecule has 1 N–H and O–H groups in total. The maximum Gasteiger partial charge on any atom is 0.416 e. The molecule has 0 fully saturated rings. The zero-order valence-electron chi connectivity index (χ0n) is 17.7. The monoisotopic (exact) mass is 492 g/mol. The van der Waals surface area contributed by atoms with E-state index in [4.69, 9.17) is 9.52 Å². The summed E-state index contributed by atoms with van der Waals surface area (Å²) in [5.74, 6) is 0.147. The van der Waals surface area contributed by atoms with E-state index < -0.39 is 17.7 Å². The molecule has 0 spiro atoms. The van der Waals surface area contributed by atoms with Crippen LogP contribution in [0.15, 0.2) is 45.7 Å². The smallest absolute Gasteiger partial charge is 0.416 e. The fourth-order valence-corrected chi connectivity index (χ4v) is 5.50. The summed E-state index contributed by atoms with van der Waals surface area (Å²) in [6.45, 7) is 3.82. The number of benzene rings is 2. The molecular formula is C23H19F3N2O3S2. The molecule has 5 nitrogen and oxygen atoms in total. The Labute approximate surface area is 195 Å². The summed E-state index contributed by atoms with van der Waals surface area (Å²) in [5, 5.41) is 9.53. The Hall–Kier alpha value is -2.85. The zero-order chi connectivity index (χ0) is 23.8. The lowest BCUT2D eigenvalue weighted by Gasteiger charge is -2.06. The average Bonchev–Trinajstić information content (AvgIpc) is 3.35. The third-order valence-corrected chi connectivity index (χ3v) is 7.64. The van der Waals surface area contributed by atoms with E-state index in [-0.39, 0.29) is 12.8 Å². The Balaban J connectivity index is 1.49. The van der Waals surface area contributed by atoms with E-state index in [1.165, 1.54) is 23.5 Å². The van der Waals surface area contributed by atoms with Gasteiger partial charge in [-0.25, -0.2) is 9.97 Å². The van der Waals surface area contributed by atoms with Gasteiger partial charge in [0.05, 0.1) is 17.7 Å². The molecule has 172 valence electrons. The van der Waals surface area contributed by atoms with Gasteiger partial charge < -0.3 is 9.52 Å². The molecule has 10 heteroatoms. The summed E-state index contributed by atoms with van der Waals surface area (Å²) < 4.78 is 44.2. The number of hydrogen-bond acceptors (Lipinski definition) is 6. The summed E-state index contributed by atoms with van der Waals surface area (Å²) >= 11 is 3.07. The Morgan fingerprint density at radius 2 is 1.85 bits per heavy atom. The van der Waals surface area contributed by atoms with Crippen molar-refractivity contribution in [3.63, 3.8) is 0 Å². The minimum absolute atomic E-state index is 0.0423. The fraction of sp³-hybridized carbons (Fsp3) is 0.261. The van der Waals surface area contributed by atoms with Crippen molar-refractivity contribution in [1.82, 2.24) is 9.97 Å². The maximum absolute atomic E-state index is 12.8. The lowest BCUT2D eigenvalue weighted by atomic mass is 10.1. The molecule has 0 atom stereocenters. The van der Waals surface area contributed by atoms with Crippen molar-refractivity contribution in [3.8, 4) is 10.6 Å². The molecule has 4 rings (SSSR count). The van der Waals surface area contributed by atoms with Crippen molar-refractivity contribution in [3.05, 3.63) is 64.0 Å². The van der Waals surface area contributed by atoms with Crippen LogP contribution >= 0.6 is 23.1 Å². The summed E-state index contributed by atoms with van der Waals surface area (Å²) in [6, 6.07) is 8.84. The summed E-state index contributed by atoms with van der Waals surface area (Å²) in [6.07, 6.45) is -4.17. The van der Waals surface area contributed by atoms with Crippen molar-refractivity contribution in [1.29, 1.82) is 0 Å². The van der Waals surface area contributed by atoms with Gasteiger partial charge in [0.15, 0.2) is 11.5 Å². The van der Waals surface area contributed by atoms with Crippen LogP contribution in [0.4, 0.5) is 13.2 Å². The van der Waals surface area contributed by atoms with Crippen LogP contribution in [0, 0.1) is 13.8 Å². The summed E-state index contributed by atoms with van der Waals surface area (Å²) in [4.78, 5) is 21.7. The number of nitrogens with zero attached hydrogens (tertiary/aromatic N) is 2. The van der Waals surface area contributed by atoms with Crippen molar-refractivity contribution >= 4 is 40.2 Å². The highest BCUT2D eigenvalue weighted by molar-refractivity contribution is 7.98. The van der Waals surface area contributed by atoms with Crippen LogP contribution in [-0.2, 0) is 23.1 Å². The van der Waals surface area contributed by atoms with Crippen LogP contribution in [0.5, 0.6) is 0 Å². The number of aromatic nitrogens is 2. The molecule has 0 unspecified atom stereocenters. The van der Waals surface area contributed by atoms with Gasteiger partial charge in [-0.3, -0.25) is 4.79 Å². The van der Waals surface area contributed by atoms with Crippen LogP contribution < -0.4 is 0 Å². The molecule has 0 radical (unpaired) electrons. The van der Waals surface area contributed by atoms with Gasteiger partial charge in [-0.2, -0.15) is 13.2 Å². The van der Waals surface area contributed by atoms with Crippen LogP contribution in [0.25, 0.3) is 21.7 Å². The van der Waals surface area contributed by atoms with E-state index in [1.807, 2.05) is 26.0 Å². The first-order valence-corrected chi connectivity index (χ1v) is 11.8. The SMILES string of the molecule is Cc1nc(-c2ccc(C(F)(F)F)cc2)sc1CSc1ccc2nc(CCC(=O)O)oc2c1C. The van der Waals surface area contributed by atoms with E-state index in [0.717, 1.165) is 33.2 Å². The Morgan fingerprint density at radius 1 is 1.12 bits per heavy atom. The van der Waals surface area contributed by atoms with Gasteiger partial charge in [0.1, 0.15) is 10.5 Å². The topological polar surface area (TPSA) is 76.2 Å². The van der Waals surface area contributed by atoms with E-state index in [9.17, 15) is 18.0 Å². The number of aliphatic carboxylic acids is 1. The van der Waals surface area contributed by atoms with Crippen LogP contribution in [0.3, 0.4) is 0 Å². The number of rotatable bonds is 7. The molecule has 0 amide bonds. The van der Waals surface area contributed by atoms with Gasteiger partial charge >= 0.3 is 12.1 Å². The predicted molar refractivity (Wildman–Crippen MR) is 122 cm³/mol. The molecule has 0 aliphatic rings. The number of carbonyl (C=O) groups is 1. The fourth-order valence-electron chi connectivity index (χ4n) is 3.26. The molecule has 0 bridgehead atoms. The lowest BCUT2D eigenvalue weighted by Crippen LogP contribution is -2.03. The number of fused-ring (bicyclic) bond motifs is 1. The summed E-state index contributed by atoms with van der Waals surface area (Å²) in [5.41, 5.74) is 3.08. The number of aryl methyl sites for hydroxylation is 3. The average molecular weight is 493 g/mol. The molecule has 0 aliphatic heterocycles. The molecule has 0 aliphatic carbocycles. The second kappa shape index (κ2) is 9.18. The lowest BCUT2D eigenvalue weighted by molar-refractivity contribution is -0.138. The van der Waals surface area contributed by atoms with Gasteiger partial charge in [0.2, 0.25) is 0 Å². The molecule has 2 aromatic heterocycles. The number of carboxylic acids is 1. The van der Waals surface area contributed by atoms with Gasteiger partial charge in [-0.1, -0.05) is 12.1 Å². The van der Waals surface area contributed by atoms with Gasteiger partial charge in [0.25, 0.3) is 0 Å². The van der Waals surface area contributed by atoms with Crippen molar-refractivity contribution in [2.24, 2.45) is 0 Å². The van der Waals surface area contributed by atoms with Crippen molar-refractivity contribution in [2.45, 2.75) is 43.5 Å². The highest BCUT2D eigenvalue weighted by atomic mass is 32.2. The van der Waals surface area contributed by atoms with E-state index in [2.05, 4.69) is 9.97 Å². The minimum Gasteiger partial charge on any atom is -0.481 e. The highest BCUT2D eigenvalue weighted by Gasteiger charge is 2.30. The zero-order valence-corrected chi connectivity index (χ0v) is 19.3. The Kier molecular flexibility index (Phi) is 6.49. The van der Waals surface area contributed by atoms with Crippen molar-refractivity contribution in [2.75, 3.05) is 0 Å². The normalized spacial score (nSPS) is 11.9. The Bertz CT molecular complexity index is 1310. The van der Waals surface area contributed by atoms with Crippen LogP contribution in [-0.4, -0.2) is 21.0 Å². The van der Waals surface area contributed by atoms with Crippen LogP contribution in [0.2, 0.25) is 0 Å². The van der Waals surface area contributed by atoms with Crippen LogP contribution in [0.1, 0.15) is 34.0 Å². The molecule has 33 heavy (non-hydrogen) atoms. The third kappa shape index (κ3) is 5.22. The van der Waals surface area contributed by atoms with E-state index in [1.54, 1.807) is 11.8 Å². The number of thiazole rings is 1. The highest BCUT2D eigenvalue weighted by Crippen LogP contribution is 2.37. The quantitative estimate of drug-likeness (QED) is 0.283. The molecule has 2 aromatic carbocycles. The van der Waals surface area contributed by atoms with Gasteiger partial charge in [-0.15, -0.1) is 23.1 Å². The predicted octanol–water partition coefficient (Wildman–Crippen LogP) is 6.90. The first kappa shape index (κ1) is 23.3. The van der Waals surface area contributed by atoms with Crippen molar-refractivity contribution < 1.29 is 27.5 Å². The number of thioether (sulfide) groups is 1. The van der Waals surface area contributed by atoms with Gasteiger partial charge in [0, 0.05) is 33.1 Å². The number of oxazole rings is 1. The van der Waals surface area contributed by atoms with Gasteiger partial charge in [-0.05, 0) is 38.1 Å². The number of alkyl halides is 3. The molecule has 2 heterocycles. The minimum atomic E-state index is -4.36. The second-order valence-electron chi connectivity index (χ2n) is 7.43. The molecule has 0 saturated heterocycles. The molecule has 0 saturated carbocycles. The Morgan fingerprint density at radius 3 is 2.52 bits per heavy atom. The first-order chi connectivity index (χ1) is 15.6. The largest absolute Gasteiger partial charge is 0.481 e. The van der Waals surface area contributed by atoms with E-state index >= 15 is 0 Å². The second-order valence-corrected chi connectivity index (χ2v) is 9.53. The maximum atomic E-state index is 12.8. The number of carboxylic acid groups (broad SMARTS) is 1. The number of halogens is 3. The number of hydrogen-bond donors (Lipinski definition) is 1. The molecule has 4 aromatic rings.